The third kappa shape index (κ3) is 12.6. The first-order valence-electron chi connectivity index (χ1n) is 5.02. The average molecular weight is 280 g/mol. The minimum Gasteiger partial charge on any atom is -0.437 e. The molecule has 0 aliphatic rings. The Kier molecular flexibility index (Phi) is 11.7. The lowest BCUT2D eigenvalue weighted by Crippen LogP contribution is -2.26. The van der Waals surface area contributed by atoms with Crippen LogP contribution < -0.4 is 0 Å². The fourth-order valence-corrected chi connectivity index (χ4v) is 5.85. The van der Waals surface area contributed by atoms with Gasteiger partial charge in [0.05, 0.1) is 8.31 Å². The summed E-state index contributed by atoms with van der Waals surface area (Å²) < 4.78 is 16.3. The lowest BCUT2D eigenvalue weighted by Gasteiger charge is -2.11. The molecule has 0 saturated carbocycles. The first-order valence-corrected chi connectivity index (χ1v) is 12.3. The van der Waals surface area contributed by atoms with Gasteiger partial charge in [-0.05, 0) is 19.4 Å². The summed E-state index contributed by atoms with van der Waals surface area (Å²) in [4.78, 5) is 0. The number of rotatable bonds is 10. The zero-order valence-electron chi connectivity index (χ0n) is 9.58. The Balaban J connectivity index is 3.15. The first-order chi connectivity index (χ1) is 7.16. The molecule has 8 heteroatoms. The molecule has 0 aromatic heterocycles. The Morgan fingerprint density at radius 2 is 2.07 bits per heavy atom. The summed E-state index contributed by atoms with van der Waals surface area (Å²) in [5, 5.41) is 8.57. The average Bonchev–Trinajstić information content (AvgIpc) is 2.19. The van der Waals surface area contributed by atoms with E-state index in [4.69, 9.17) is 17.8 Å². The normalized spacial score (nSPS) is 13.4. The highest BCUT2D eigenvalue weighted by atomic mass is 29.2. The second kappa shape index (κ2) is 11.2. The van der Waals surface area contributed by atoms with E-state index in [0.717, 1.165) is 12.8 Å². The fraction of sp³-hybridized carbons (Fsp3) is 1.00. The highest BCUT2D eigenvalue weighted by Crippen LogP contribution is 1.93. The molecule has 0 amide bonds. The number of unbranched alkanes of at least 4 members (excludes halogenated alkanes) is 1. The van der Waals surface area contributed by atoms with Gasteiger partial charge in [0.25, 0.3) is 0 Å². The summed E-state index contributed by atoms with van der Waals surface area (Å²) in [6.45, 7) is 7.38. The summed E-state index contributed by atoms with van der Waals surface area (Å²) in [6, 6.07) is 0. The van der Waals surface area contributed by atoms with Crippen LogP contribution in [0.5, 0.6) is 0 Å². The van der Waals surface area contributed by atoms with Crippen molar-refractivity contribution in [2.75, 3.05) is 13.2 Å². The van der Waals surface area contributed by atoms with Crippen LogP contribution in [0.15, 0.2) is 0 Å². The van der Waals surface area contributed by atoms with Crippen molar-refractivity contribution < 1.29 is 17.8 Å². The Hall–Kier alpha value is 0.708. The summed E-state index contributed by atoms with van der Waals surface area (Å²) in [7, 11) is -1.01. The Morgan fingerprint density at radius 3 is 2.67 bits per heavy atom. The van der Waals surface area contributed by atoms with Crippen LogP contribution in [-0.4, -0.2) is 55.2 Å². The molecule has 0 spiro atoms. The van der Waals surface area contributed by atoms with E-state index in [1.54, 1.807) is 0 Å². The van der Waals surface area contributed by atoms with Gasteiger partial charge in [-0.1, -0.05) is 13.1 Å². The quantitative estimate of drug-likeness (QED) is 0.454. The van der Waals surface area contributed by atoms with Gasteiger partial charge in [-0.25, -0.2) is 0 Å². The summed E-state index contributed by atoms with van der Waals surface area (Å²) in [5.41, 5.74) is 0. The van der Waals surface area contributed by atoms with Crippen molar-refractivity contribution in [1.29, 1.82) is 0 Å². The van der Waals surface area contributed by atoms with Gasteiger partial charge in [-0.2, -0.15) is 0 Å². The molecule has 0 aromatic rings. The van der Waals surface area contributed by atoms with Crippen molar-refractivity contribution in [1.82, 2.24) is 0 Å². The van der Waals surface area contributed by atoms with E-state index >= 15 is 0 Å². The molecule has 0 aliphatic carbocycles. The lowest BCUT2D eigenvalue weighted by molar-refractivity contribution is 0.232. The zero-order valence-corrected chi connectivity index (χ0v) is 13.7. The van der Waals surface area contributed by atoms with Gasteiger partial charge in [-0.15, -0.1) is 0 Å². The van der Waals surface area contributed by atoms with Crippen LogP contribution in [0.2, 0.25) is 19.6 Å². The standard InChI is InChI=1S/C7H19O4Si4/c1-14(2)13-10-12-11-15(3)9-7-5-4-6-8/h8,15H,4-7H2,1-3H3. The highest BCUT2D eigenvalue weighted by Gasteiger charge is 2.08. The van der Waals surface area contributed by atoms with E-state index < -0.39 is 9.28 Å². The zero-order chi connectivity index (χ0) is 11.5. The third-order valence-corrected chi connectivity index (χ3v) is 7.13. The molecule has 4 nitrogen and oxygen atoms in total. The van der Waals surface area contributed by atoms with Crippen molar-refractivity contribution >= 4 is 36.9 Å². The minimum absolute atomic E-state index is 0.143. The maximum absolute atomic E-state index is 8.57. The molecule has 5 radical (unpaired) electrons. The third-order valence-electron chi connectivity index (χ3n) is 1.42. The van der Waals surface area contributed by atoms with Crippen molar-refractivity contribution in [3.8, 4) is 0 Å². The van der Waals surface area contributed by atoms with Crippen LogP contribution in [0.25, 0.3) is 0 Å². The van der Waals surface area contributed by atoms with E-state index in [0.29, 0.717) is 15.9 Å². The molecule has 1 N–H and O–H groups in total. The maximum Gasteiger partial charge on any atom is 0.411 e. The van der Waals surface area contributed by atoms with Gasteiger partial charge < -0.3 is 17.8 Å². The molecular weight excluding hydrogens is 260 g/mol. The van der Waals surface area contributed by atoms with Gasteiger partial charge in [0.2, 0.25) is 0 Å². The van der Waals surface area contributed by atoms with Gasteiger partial charge >= 0.3 is 19.3 Å². The minimum atomic E-state index is -1.49. The number of aliphatic hydroxyl groups is 1. The molecule has 0 rings (SSSR count). The van der Waals surface area contributed by atoms with Crippen LogP contribution in [0.3, 0.4) is 0 Å². The molecule has 1 unspecified atom stereocenters. The van der Waals surface area contributed by atoms with E-state index in [2.05, 4.69) is 13.1 Å². The molecule has 1 atom stereocenters. The van der Waals surface area contributed by atoms with Crippen molar-refractivity contribution in [2.24, 2.45) is 0 Å². The largest absolute Gasteiger partial charge is 0.437 e. The molecule has 0 saturated heterocycles. The van der Waals surface area contributed by atoms with Crippen LogP contribution in [-0.2, 0) is 12.7 Å². The summed E-state index contributed by atoms with van der Waals surface area (Å²) in [6.07, 6.45) is 1.71. The second-order valence-electron chi connectivity index (χ2n) is 3.27. The van der Waals surface area contributed by atoms with E-state index in [1.807, 2.05) is 6.55 Å². The van der Waals surface area contributed by atoms with Gasteiger partial charge in [0.1, 0.15) is 0 Å². The molecule has 87 valence electrons. The monoisotopic (exact) mass is 279 g/mol. The van der Waals surface area contributed by atoms with Crippen LogP contribution in [0, 0.1) is 0 Å². The number of hydrogen-bond donors (Lipinski definition) is 1. The summed E-state index contributed by atoms with van der Waals surface area (Å²) >= 11 is 0. The fourth-order valence-electron chi connectivity index (χ4n) is 0.712. The molecule has 0 fully saturated rings. The molecule has 0 bridgehead atoms. The maximum atomic E-state index is 8.57. The van der Waals surface area contributed by atoms with Gasteiger partial charge in [-0.3, -0.25) is 0 Å². The van der Waals surface area contributed by atoms with Gasteiger partial charge in [0.15, 0.2) is 9.28 Å². The van der Waals surface area contributed by atoms with E-state index in [9.17, 15) is 0 Å². The van der Waals surface area contributed by atoms with Crippen LogP contribution >= 0.6 is 0 Å². The highest BCUT2D eigenvalue weighted by molar-refractivity contribution is 7.09. The van der Waals surface area contributed by atoms with Crippen LogP contribution in [0.4, 0.5) is 0 Å². The van der Waals surface area contributed by atoms with E-state index in [-0.39, 0.29) is 24.9 Å². The molecular formula is C7H19O4Si4. The second-order valence-corrected chi connectivity index (χ2v) is 12.5. The number of aliphatic hydroxyl groups excluding tert-OH is 1. The molecule has 0 aliphatic heterocycles. The Bertz CT molecular complexity index is 138. The predicted octanol–water partition coefficient (Wildman–Crippen LogP) is 0.0635. The van der Waals surface area contributed by atoms with Crippen molar-refractivity contribution in [3.63, 3.8) is 0 Å². The molecule has 0 heterocycles. The Labute approximate surface area is 101 Å². The SMILES string of the molecule is C[Si](C)[Si]O[Si]O[SiH](C)OCCCCO. The first kappa shape index (κ1) is 15.7. The molecule has 15 heavy (non-hydrogen) atoms. The van der Waals surface area contributed by atoms with Gasteiger partial charge in [0, 0.05) is 13.2 Å². The number of hydrogen-bond acceptors (Lipinski definition) is 4. The lowest BCUT2D eigenvalue weighted by atomic mass is 10.3. The topological polar surface area (TPSA) is 47.9 Å². The van der Waals surface area contributed by atoms with Crippen molar-refractivity contribution in [3.05, 3.63) is 0 Å². The van der Waals surface area contributed by atoms with Crippen molar-refractivity contribution in [2.45, 2.75) is 32.5 Å². The Morgan fingerprint density at radius 1 is 1.33 bits per heavy atom. The summed E-state index contributed by atoms with van der Waals surface area (Å²) in [5.74, 6) is 0. The predicted molar refractivity (Wildman–Crippen MR) is 66.4 cm³/mol. The van der Waals surface area contributed by atoms with Crippen LogP contribution in [0.1, 0.15) is 12.8 Å². The smallest absolute Gasteiger partial charge is 0.411 e. The molecule has 0 aromatic carbocycles. The van der Waals surface area contributed by atoms with E-state index in [1.165, 1.54) is 0 Å².